The first-order valence-corrected chi connectivity index (χ1v) is 4.38. The first kappa shape index (κ1) is 9.04. The van der Waals surface area contributed by atoms with Crippen LogP contribution in [-0.2, 0) is 7.05 Å². The number of aromatic nitrogens is 2. The number of hydrogen-bond acceptors (Lipinski definition) is 0. The van der Waals surface area contributed by atoms with Gasteiger partial charge in [-0.2, -0.15) is 0 Å². The molecular weight excluding hydrogens is 148 g/mol. The third-order valence-corrected chi connectivity index (χ3v) is 2.10. The zero-order chi connectivity index (χ0) is 9.14. The lowest BCUT2D eigenvalue weighted by Gasteiger charge is -1.93. The summed E-state index contributed by atoms with van der Waals surface area (Å²) in [6, 6.07) is 2.18. The van der Waals surface area contributed by atoms with Gasteiger partial charge in [-0.1, -0.05) is 13.0 Å². The molecule has 0 saturated heterocycles. The van der Waals surface area contributed by atoms with Crippen molar-refractivity contribution < 1.29 is 4.68 Å². The van der Waals surface area contributed by atoms with Crippen LogP contribution in [0, 0.1) is 13.8 Å². The number of aryl methyl sites for hydroxylation is 2. The average molecular weight is 165 g/mol. The molecule has 2 nitrogen and oxygen atoms in total. The van der Waals surface area contributed by atoms with E-state index in [0.29, 0.717) is 0 Å². The van der Waals surface area contributed by atoms with Gasteiger partial charge in [0.1, 0.15) is 0 Å². The van der Waals surface area contributed by atoms with Crippen molar-refractivity contribution in [1.29, 1.82) is 0 Å². The molecular formula is C10H17N2+. The quantitative estimate of drug-likeness (QED) is 0.591. The lowest BCUT2D eigenvalue weighted by molar-refractivity contribution is -0.747. The molecule has 0 amide bonds. The highest BCUT2D eigenvalue weighted by Gasteiger charge is 2.09. The van der Waals surface area contributed by atoms with Gasteiger partial charge in [-0.05, 0) is 13.3 Å². The molecule has 0 fully saturated rings. The SMILES string of the molecule is CCC=Cn1c(C)cc(C)[n+]1C. The number of nitrogens with zero attached hydrogens (tertiary/aromatic N) is 2. The van der Waals surface area contributed by atoms with Gasteiger partial charge < -0.3 is 0 Å². The first-order valence-electron chi connectivity index (χ1n) is 4.38. The summed E-state index contributed by atoms with van der Waals surface area (Å²) in [5.74, 6) is 0. The molecule has 0 N–H and O–H groups in total. The van der Waals surface area contributed by atoms with E-state index in [4.69, 9.17) is 0 Å². The van der Waals surface area contributed by atoms with Crippen molar-refractivity contribution in [2.45, 2.75) is 27.2 Å². The molecule has 0 aliphatic rings. The Balaban J connectivity index is 3.05. The minimum atomic E-state index is 1.08. The van der Waals surface area contributed by atoms with E-state index in [-0.39, 0.29) is 0 Å². The van der Waals surface area contributed by atoms with Crippen molar-refractivity contribution in [3.63, 3.8) is 0 Å². The highest BCUT2D eigenvalue weighted by atomic mass is 15.4. The van der Waals surface area contributed by atoms with Gasteiger partial charge in [-0.25, -0.2) is 0 Å². The van der Waals surface area contributed by atoms with Crippen molar-refractivity contribution in [1.82, 2.24) is 4.68 Å². The van der Waals surface area contributed by atoms with E-state index in [2.05, 4.69) is 55.5 Å². The molecule has 1 aromatic rings. The molecule has 2 heteroatoms. The van der Waals surface area contributed by atoms with Gasteiger partial charge in [0.2, 0.25) is 5.69 Å². The summed E-state index contributed by atoms with van der Waals surface area (Å²) < 4.78 is 4.29. The summed E-state index contributed by atoms with van der Waals surface area (Å²) in [5.41, 5.74) is 2.56. The van der Waals surface area contributed by atoms with Crippen LogP contribution in [-0.4, -0.2) is 4.68 Å². The Kier molecular flexibility index (Phi) is 2.69. The second kappa shape index (κ2) is 3.57. The second-order valence-corrected chi connectivity index (χ2v) is 3.09. The molecule has 1 rings (SSSR count). The first-order chi connectivity index (χ1) is 5.66. The fraction of sp³-hybridized carbons (Fsp3) is 0.500. The van der Waals surface area contributed by atoms with Crippen LogP contribution >= 0.6 is 0 Å². The molecule has 0 atom stereocenters. The summed E-state index contributed by atoms with van der Waals surface area (Å²) in [5, 5.41) is 0. The molecule has 0 bridgehead atoms. The summed E-state index contributed by atoms with van der Waals surface area (Å²) in [7, 11) is 2.07. The van der Waals surface area contributed by atoms with Crippen LogP contribution in [0.3, 0.4) is 0 Å². The summed E-state index contributed by atoms with van der Waals surface area (Å²) in [6.45, 7) is 6.37. The Morgan fingerprint density at radius 2 is 2.17 bits per heavy atom. The molecule has 0 aromatic carbocycles. The third kappa shape index (κ3) is 1.58. The largest absolute Gasteiger partial charge is 0.205 e. The van der Waals surface area contributed by atoms with Crippen molar-refractivity contribution >= 4 is 6.20 Å². The summed E-state index contributed by atoms with van der Waals surface area (Å²) in [4.78, 5) is 0. The Hall–Kier alpha value is -1.05. The Morgan fingerprint density at radius 1 is 1.50 bits per heavy atom. The topological polar surface area (TPSA) is 8.81 Å². The lowest BCUT2D eigenvalue weighted by Crippen LogP contribution is -2.39. The normalized spacial score (nSPS) is 11.3. The van der Waals surface area contributed by atoms with Crippen LogP contribution < -0.4 is 4.68 Å². The van der Waals surface area contributed by atoms with Gasteiger partial charge in [0, 0.05) is 13.0 Å². The van der Waals surface area contributed by atoms with Gasteiger partial charge in [0.25, 0.3) is 0 Å². The van der Waals surface area contributed by atoms with E-state index in [9.17, 15) is 0 Å². The molecule has 12 heavy (non-hydrogen) atoms. The molecule has 1 aromatic heterocycles. The lowest BCUT2D eigenvalue weighted by atomic mass is 10.4. The molecule has 66 valence electrons. The van der Waals surface area contributed by atoms with E-state index >= 15 is 0 Å². The maximum Gasteiger partial charge on any atom is 0.205 e. The smallest absolute Gasteiger partial charge is 0.133 e. The van der Waals surface area contributed by atoms with Crippen LogP contribution in [0.2, 0.25) is 0 Å². The standard InChI is InChI=1S/C10H17N2/c1-5-6-7-12-10(3)8-9(2)11(12)4/h6-8H,5H2,1-4H3/q+1. The van der Waals surface area contributed by atoms with E-state index in [1.807, 2.05) is 0 Å². The van der Waals surface area contributed by atoms with Gasteiger partial charge in [-0.15, -0.1) is 9.36 Å². The zero-order valence-electron chi connectivity index (χ0n) is 8.33. The fourth-order valence-corrected chi connectivity index (χ4v) is 1.29. The summed E-state index contributed by atoms with van der Waals surface area (Å²) in [6.07, 6.45) is 5.35. The minimum absolute atomic E-state index is 1.08. The zero-order valence-corrected chi connectivity index (χ0v) is 8.33. The Labute approximate surface area is 74.1 Å². The monoisotopic (exact) mass is 165 g/mol. The van der Waals surface area contributed by atoms with E-state index in [1.165, 1.54) is 11.4 Å². The predicted octanol–water partition coefficient (Wildman–Crippen LogP) is 1.81. The molecule has 0 spiro atoms. The molecule has 1 heterocycles. The highest BCUT2D eigenvalue weighted by molar-refractivity contribution is 5.22. The Morgan fingerprint density at radius 3 is 2.58 bits per heavy atom. The van der Waals surface area contributed by atoms with Crippen LogP contribution in [0.5, 0.6) is 0 Å². The maximum absolute atomic E-state index is 2.18. The molecule has 0 saturated carbocycles. The van der Waals surface area contributed by atoms with Crippen LogP contribution in [0.15, 0.2) is 12.1 Å². The number of allylic oxidation sites excluding steroid dienone is 1. The molecule has 0 unspecified atom stereocenters. The van der Waals surface area contributed by atoms with Crippen LogP contribution in [0.25, 0.3) is 6.20 Å². The van der Waals surface area contributed by atoms with Gasteiger partial charge >= 0.3 is 0 Å². The van der Waals surface area contributed by atoms with Crippen LogP contribution in [0.4, 0.5) is 0 Å². The second-order valence-electron chi connectivity index (χ2n) is 3.09. The highest BCUT2D eigenvalue weighted by Crippen LogP contribution is 1.99. The molecule has 0 aliphatic heterocycles. The molecule has 0 aliphatic carbocycles. The third-order valence-electron chi connectivity index (χ3n) is 2.10. The summed E-state index contributed by atoms with van der Waals surface area (Å²) >= 11 is 0. The van der Waals surface area contributed by atoms with Crippen LogP contribution in [0.1, 0.15) is 24.7 Å². The van der Waals surface area contributed by atoms with E-state index in [1.54, 1.807) is 0 Å². The number of rotatable bonds is 2. The fourth-order valence-electron chi connectivity index (χ4n) is 1.29. The Bertz CT molecular complexity index is 295. The van der Waals surface area contributed by atoms with Crippen molar-refractivity contribution in [3.05, 3.63) is 23.5 Å². The number of hydrogen-bond donors (Lipinski definition) is 0. The van der Waals surface area contributed by atoms with Crippen molar-refractivity contribution in [2.75, 3.05) is 0 Å². The molecule has 0 radical (unpaired) electrons. The maximum atomic E-state index is 2.18. The van der Waals surface area contributed by atoms with E-state index < -0.39 is 0 Å². The van der Waals surface area contributed by atoms with Gasteiger partial charge in [0.05, 0.1) is 11.9 Å². The van der Waals surface area contributed by atoms with E-state index in [0.717, 1.165) is 6.42 Å². The van der Waals surface area contributed by atoms with Gasteiger partial charge in [-0.3, -0.25) is 0 Å². The predicted molar refractivity (Wildman–Crippen MR) is 50.7 cm³/mol. The van der Waals surface area contributed by atoms with Crippen molar-refractivity contribution in [3.8, 4) is 0 Å². The van der Waals surface area contributed by atoms with Gasteiger partial charge in [0.15, 0.2) is 7.05 Å². The average Bonchev–Trinajstić information content (AvgIpc) is 2.25. The minimum Gasteiger partial charge on any atom is -0.133 e. The van der Waals surface area contributed by atoms with Crippen molar-refractivity contribution in [2.24, 2.45) is 7.05 Å².